The van der Waals surface area contributed by atoms with Crippen molar-refractivity contribution in [1.82, 2.24) is 10.2 Å². The topological polar surface area (TPSA) is 69.7 Å². The van der Waals surface area contributed by atoms with E-state index in [0.29, 0.717) is 28.3 Å². The maximum absolute atomic E-state index is 12.7. The van der Waals surface area contributed by atoms with Crippen LogP contribution in [0.25, 0.3) is 0 Å². The van der Waals surface area contributed by atoms with Crippen molar-refractivity contribution in [2.75, 3.05) is 24.5 Å². The molecular weight excluding hydrogens is 354 g/mol. The quantitative estimate of drug-likeness (QED) is 0.836. The van der Waals surface area contributed by atoms with Gasteiger partial charge in [-0.05, 0) is 68.2 Å². The van der Waals surface area contributed by atoms with Crippen molar-refractivity contribution in [3.63, 3.8) is 0 Å². The number of hydrogen-bond acceptors (Lipinski definition) is 4. The summed E-state index contributed by atoms with van der Waals surface area (Å²) in [5.41, 5.74) is 1.84. The van der Waals surface area contributed by atoms with Crippen molar-refractivity contribution < 1.29 is 14.4 Å². The highest BCUT2D eigenvalue weighted by Crippen LogP contribution is 2.29. The molecule has 2 bridgehead atoms. The molecule has 0 aromatic heterocycles. The molecule has 0 unspecified atom stereocenters. The van der Waals surface area contributed by atoms with Gasteiger partial charge in [0.25, 0.3) is 17.7 Å². The van der Waals surface area contributed by atoms with Crippen molar-refractivity contribution in [3.8, 4) is 0 Å². The first-order valence-electron chi connectivity index (χ1n) is 9.73. The predicted molar refractivity (Wildman–Crippen MR) is 104 cm³/mol. The van der Waals surface area contributed by atoms with Crippen LogP contribution in [0.3, 0.4) is 0 Å². The van der Waals surface area contributed by atoms with E-state index < -0.39 is 0 Å². The van der Waals surface area contributed by atoms with E-state index >= 15 is 0 Å². The molecule has 142 valence electrons. The van der Waals surface area contributed by atoms with E-state index in [0.717, 1.165) is 32.5 Å². The molecule has 28 heavy (non-hydrogen) atoms. The van der Waals surface area contributed by atoms with Crippen molar-refractivity contribution in [1.29, 1.82) is 0 Å². The highest BCUT2D eigenvalue weighted by molar-refractivity contribution is 6.34. The average molecular weight is 375 g/mol. The number of hydrogen-bond donors (Lipinski definition) is 1. The Morgan fingerprint density at radius 2 is 1.50 bits per heavy atom. The van der Waals surface area contributed by atoms with Crippen LogP contribution in [-0.2, 0) is 0 Å². The minimum Gasteiger partial charge on any atom is -0.348 e. The number of piperidine rings is 3. The summed E-state index contributed by atoms with van der Waals surface area (Å²) < 4.78 is 0. The van der Waals surface area contributed by atoms with Gasteiger partial charge < -0.3 is 10.2 Å². The summed E-state index contributed by atoms with van der Waals surface area (Å²) in [6, 6.07) is 13.7. The van der Waals surface area contributed by atoms with Gasteiger partial charge in [-0.15, -0.1) is 0 Å². The zero-order chi connectivity index (χ0) is 19.3. The van der Waals surface area contributed by atoms with E-state index in [9.17, 15) is 14.4 Å². The molecule has 6 heteroatoms. The lowest BCUT2D eigenvalue weighted by Crippen LogP contribution is -2.57. The van der Waals surface area contributed by atoms with E-state index in [4.69, 9.17) is 0 Å². The molecule has 0 radical (unpaired) electrons. The monoisotopic (exact) mass is 375 g/mol. The van der Waals surface area contributed by atoms with Crippen molar-refractivity contribution >= 4 is 23.4 Å². The summed E-state index contributed by atoms with van der Waals surface area (Å²) in [6.45, 7) is 3.18. The molecule has 1 N–H and O–H groups in total. The molecular formula is C22H21N3O3. The number of anilines is 1. The van der Waals surface area contributed by atoms with Gasteiger partial charge in [-0.3, -0.25) is 14.4 Å². The van der Waals surface area contributed by atoms with Gasteiger partial charge in [0.2, 0.25) is 0 Å². The third-order valence-corrected chi connectivity index (χ3v) is 6.15. The number of nitrogens with zero attached hydrogens (tertiary/aromatic N) is 2. The van der Waals surface area contributed by atoms with Gasteiger partial charge in [0.15, 0.2) is 0 Å². The molecule has 3 saturated heterocycles. The van der Waals surface area contributed by atoms with Gasteiger partial charge in [0.05, 0.1) is 16.8 Å². The molecule has 1 atom stereocenters. The molecule has 4 aliphatic heterocycles. The van der Waals surface area contributed by atoms with Gasteiger partial charge in [-0.1, -0.05) is 12.1 Å². The second-order valence-electron chi connectivity index (χ2n) is 7.76. The minimum absolute atomic E-state index is 0.104. The molecule has 3 fully saturated rings. The summed E-state index contributed by atoms with van der Waals surface area (Å²) in [4.78, 5) is 41.4. The van der Waals surface area contributed by atoms with Crippen LogP contribution in [0, 0.1) is 5.92 Å². The van der Waals surface area contributed by atoms with Gasteiger partial charge >= 0.3 is 0 Å². The summed E-state index contributed by atoms with van der Waals surface area (Å²) in [6.07, 6.45) is 2.28. The number of imide groups is 1. The van der Waals surface area contributed by atoms with Crippen LogP contribution in [0.2, 0.25) is 0 Å². The zero-order valence-electron chi connectivity index (χ0n) is 15.4. The minimum atomic E-state index is -0.329. The summed E-state index contributed by atoms with van der Waals surface area (Å²) in [5.74, 6) is -0.200. The second-order valence-corrected chi connectivity index (χ2v) is 7.76. The molecule has 6 nitrogen and oxygen atoms in total. The number of carbonyl (C=O) groups is 3. The Kier molecular flexibility index (Phi) is 4.02. The predicted octanol–water partition coefficient (Wildman–Crippen LogP) is 2.31. The number of nitrogens with one attached hydrogen (secondary N) is 1. The maximum atomic E-state index is 12.7. The summed E-state index contributed by atoms with van der Waals surface area (Å²) >= 11 is 0. The van der Waals surface area contributed by atoms with Crippen molar-refractivity contribution in [3.05, 3.63) is 65.2 Å². The fraction of sp³-hybridized carbons (Fsp3) is 0.318. The number of rotatable bonds is 3. The second kappa shape index (κ2) is 6.56. The molecule has 0 aliphatic carbocycles. The number of carbonyl (C=O) groups excluding carboxylic acids is 3. The van der Waals surface area contributed by atoms with Crippen LogP contribution in [0.4, 0.5) is 5.69 Å². The van der Waals surface area contributed by atoms with Crippen LogP contribution < -0.4 is 10.2 Å². The highest BCUT2D eigenvalue weighted by atomic mass is 16.2. The highest BCUT2D eigenvalue weighted by Gasteiger charge is 2.37. The van der Waals surface area contributed by atoms with Crippen LogP contribution in [0.1, 0.15) is 43.9 Å². The fourth-order valence-corrected chi connectivity index (χ4v) is 4.57. The molecule has 0 spiro atoms. The van der Waals surface area contributed by atoms with E-state index in [1.807, 2.05) is 0 Å². The Morgan fingerprint density at radius 1 is 0.893 bits per heavy atom. The smallest absolute Gasteiger partial charge is 0.266 e. The third-order valence-electron chi connectivity index (χ3n) is 6.15. The SMILES string of the molecule is O=C(N[C@H]1CN2CCC1CC2)c1ccc(N2C(=O)c3ccccc3C2=O)cc1. The van der Waals surface area contributed by atoms with Crippen LogP contribution in [0.15, 0.2) is 48.5 Å². The average Bonchev–Trinajstić information content (AvgIpc) is 3.00. The van der Waals surface area contributed by atoms with Crippen LogP contribution >= 0.6 is 0 Å². The third kappa shape index (κ3) is 2.72. The van der Waals surface area contributed by atoms with Crippen LogP contribution in [-0.4, -0.2) is 48.3 Å². The fourth-order valence-electron chi connectivity index (χ4n) is 4.57. The van der Waals surface area contributed by atoms with Gasteiger partial charge in [-0.2, -0.15) is 0 Å². The van der Waals surface area contributed by atoms with E-state index in [-0.39, 0.29) is 23.8 Å². The normalized spacial score (nSPS) is 25.7. The first-order chi connectivity index (χ1) is 13.6. The number of benzene rings is 2. The van der Waals surface area contributed by atoms with Crippen molar-refractivity contribution in [2.45, 2.75) is 18.9 Å². The number of fused-ring (bicyclic) bond motifs is 4. The number of amides is 3. The van der Waals surface area contributed by atoms with Gasteiger partial charge in [0, 0.05) is 18.2 Å². The lowest BCUT2D eigenvalue weighted by atomic mass is 9.84. The van der Waals surface area contributed by atoms with E-state index in [1.54, 1.807) is 48.5 Å². The lowest BCUT2D eigenvalue weighted by Gasteiger charge is -2.44. The Balaban J connectivity index is 1.32. The van der Waals surface area contributed by atoms with E-state index in [2.05, 4.69) is 10.2 Å². The first kappa shape index (κ1) is 17.1. The standard InChI is InChI=1S/C22H21N3O3/c26-20(23-19-13-24-11-9-14(19)10-12-24)15-5-7-16(8-6-15)25-21(27)17-3-1-2-4-18(17)22(25)28/h1-8,14,19H,9-13H2,(H,23,26)/t19-/m0/s1. The summed E-state index contributed by atoms with van der Waals surface area (Å²) in [7, 11) is 0. The Bertz CT molecular complexity index is 926. The Labute approximate surface area is 163 Å². The largest absolute Gasteiger partial charge is 0.348 e. The first-order valence-corrected chi connectivity index (χ1v) is 9.73. The molecule has 2 aromatic rings. The maximum Gasteiger partial charge on any atom is 0.266 e. The molecule has 3 amide bonds. The zero-order valence-corrected chi connectivity index (χ0v) is 15.4. The lowest BCUT2D eigenvalue weighted by molar-refractivity contribution is 0.0620. The van der Waals surface area contributed by atoms with Gasteiger partial charge in [0.1, 0.15) is 0 Å². The Hall–Kier alpha value is -2.99. The van der Waals surface area contributed by atoms with Gasteiger partial charge in [-0.25, -0.2) is 4.90 Å². The molecule has 4 heterocycles. The molecule has 4 aliphatic rings. The Morgan fingerprint density at radius 3 is 2.04 bits per heavy atom. The molecule has 0 saturated carbocycles. The molecule has 6 rings (SSSR count). The van der Waals surface area contributed by atoms with Crippen molar-refractivity contribution in [2.24, 2.45) is 5.92 Å². The summed E-state index contributed by atoms with van der Waals surface area (Å²) in [5, 5.41) is 3.16. The molecule has 2 aromatic carbocycles. The van der Waals surface area contributed by atoms with Crippen LogP contribution in [0.5, 0.6) is 0 Å². The van der Waals surface area contributed by atoms with E-state index in [1.165, 1.54) is 4.90 Å².